The Hall–Kier alpha value is -2.25. The highest BCUT2D eigenvalue weighted by molar-refractivity contribution is 7.09. The molecule has 2 amide bonds. The number of piperazine rings is 1. The van der Waals surface area contributed by atoms with Gasteiger partial charge in [0.1, 0.15) is 5.75 Å². The Balaban J connectivity index is 1.17. The Bertz CT molecular complexity index is 813. The SMILES string of the molecule is CCOc1ccccc1N1CCN(C(=O)NCC2CCN(Cc3cccs3)CC2)CC1. The number of thiophene rings is 1. The van der Waals surface area contributed by atoms with Crippen molar-refractivity contribution in [3.8, 4) is 5.75 Å². The van der Waals surface area contributed by atoms with Crippen LogP contribution in [-0.4, -0.2) is 68.3 Å². The molecule has 1 aromatic heterocycles. The van der Waals surface area contributed by atoms with E-state index < -0.39 is 0 Å². The Morgan fingerprint density at radius 3 is 2.55 bits per heavy atom. The molecule has 0 unspecified atom stereocenters. The quantitative estimate of drug-likeness (QED) is 0.707. The number of ether oxygens (including phenoxy) is 1. The van der Waals surface area contributed by atoms with E-state index in [1.165, 1.54) is 4.88 Å². The lowest BCUT2D eigenvalue weighted by atomic mass is 9.97. The summed E-state index contributed by atoms with van der Waals surface area (Å²) in [5.41, 5.74) is 1.12. The molecule has 2 aromatic rings. The van der Waals surface area contributed by atoms with Gasteiger partial charge < -0.3 is 19.9 Å². The fraction of sp³-hybridized carbons (Fsp3) is 0.542. The van der Waals surface area contributed by atoms with Crippen LogP contribution in [0.25, 0.3) is 0 Å². The van der Waals surface area contributed by atoms with Gasteiger partial charge in [-0.15, -0.1) is 11.3 Å². The number of nitrogens with zero attached hydrogens (tertiary/aromatic N) is 3. The predicted molar refractivity (Wildman–Crippen MR) is 127 cm³/mol. The van der Waals surface area contributed by atoms with E-state index in [1.807, 2.05) is 41.4 Å². The van der Waals surface area contributed by atoms with E-state index in [4.69, 9.17) is 4.74 Å². The van der Waals surface area contributed by atoms with Gasteiger partial charge in [0.25, 0.3) is 0 Å². The average Bonchev–Trinajstić information content (AvgIpc) is 3.32. The molecule has 168 valence electrons. The second-order valence-corrected chi connectivity index (χ2v) is 9.39. The molecule has 0 spiro atoms. The van der Waals surface area contributed by atoms with Crippen LogP contribution in [0.4, 0.5) is 10.5 Å². The smallest absolute Gasteiger partial charge is 0.317 e. The summed E-state index contributed by atoms with van der Waals surface area (Å²) in [6.07, 6.45) is 2.32. The summed E-state index contributed by atoms with van der Waals surface area (Å²) < 4.78 is 5.77. The summed E-state index contributed by atoms with van der Waals surface area (Å²) in [6, 6.07) is 12.6. The van der Waals surface area contributed by atoms with Gasteiger partial charge in [-0.3, -0.25) is 4.90 Å². The number of benzene rings is 1. The molecule has 2 saturated heterocycles. The molecule has 7 heteroatoms. The number of nitrogens with one attached hydrogen (secondary N) is 1. The highest BCUT2D eigenvalue weighted by Gasteiger charge is 2.24. The summed E-state index contributed by atoms with van der Waals surface area (Å²) >= 11 is 1.83. The first-order chi connectivity index (χ1) is 15.2. The van der Waals surface area contributed by atoms with Crippen LogP contribution in [0.15, 0.2) is 41.8 Å². The van der Waals surface area contributed by atoms with Crippen molar-refractivity contribution in [2.45, 2.75) is 26.3 Å². The van der Waals surface area contributed by atoms with Crippen molar-refractivity contribution in [2.24, 2.45) is 5.92 Å². The van der Waals surface area contributed by atoms with E-state index in [-0.39, 0.29) is 6.03 Å². The summed E-state index contributed by atoms with van der Waals surface area (Å²) in [6.45, 7) is 9.91. The number of rotatable bonds is 7. The van der Waals surface area contributed by atoms with Crippen LogP contribution in [-0.2, 0) is 6.54 Å². The van der Waals surface area contributed by atoms with Crippen molar-refractivity contribution in [3.05, 3.63) is 46.7 Å². The van der Waals surface area contributed by atoms with Crippen LogP contribution in [0, 0.1) is 5.92 Å². The number of para-hydroxylation sites is 2. The van der Waals surface area contributed by atoms with Crippen molar-refractivity contribution >= 4 is 23.1 Å². The average molecular weight is 443 g/mol. The number of urea groups is 1. The van der Waals surface area contributed by atoms with Gasteiger partial charge in [0.15, 0.2) is 0 Å². The molecule has 6 nitrogen and oxygen atoms in total. The van der Waals surface area contributed by atoms with Crippen LogP contribution >= 0.6 is 11.3 Å². The minimum Gasteiger partial charge on any atom is -0.492 e. The fourth-order valence-corrected chi connectivity index (χ4v) is 5.21. The normalized spacial score (nSPS) is 18.2. The van der Waals surface area contributed by atoms with Gasteiger partial charge in [0.2, 0.25) is 0 Å². The zero-order valence-corrected chi connectivity index (χ0v) is 19.3. The molecule has 2 fully saturated rings. The standard InChI is InChI=1S/C24H34N4O2S/c1-2-30-23-8-4-3-7-22(23)27-13-15-28(16-14-27)24(29)25-18-20-9-11-26(12-10-20)19-21-6-5-17-31-21/h3-8,17,20H,2,9-16,18-19H2,1H3,(H,25,29). The Morgan fingerprint density at radius 2 is 1.84 bits per heavy atom. The highest BCUT2D eigenvalue weighted by Crippen LogP contribution is 2.29. The minimum absolute atomic E-state index is 0.0822. The predicted octanol–water partition coefficient (Wildman–Crippen LogP) is 3.89. The van der Waals surface area contributed by atoms with E-state index in [9.17, 15) is 4.79 Å². The minimum atomic E-state index is 0.0822. The zero-order chi connectivity index (χ0) is 21.5. The van der Waals surface area contributed by atoms with Gasteiger partial charge in [-0.25, -0.2) is 4.79 Å². The number of hydrogen-bond donors (Lipinski definition) is 1. The largest absolute Gasteiger partial charge is 0.492 e. The number of likely N-dealkylation sites (tertiary alicyclic amines) is 1. The van der Waals surface area contributed by atoms with E-state index in [0.29, 0.717) is 12.5 Å². The summed E-state index contributed by atoms with van der Waals surface area (Å²) in [7, 11) is 0. The third-order valence-corrected chi connectivity index (χ3v) is 7.14. The summed E-state index contributed by atoms with van der Waals surface area (Å²) in [5.74, 6) is 1.51. The van der Waals surface area contributed by atoms with Crippen molar-refractivity contribution in [1.82, 2.24) is 15.1 Å². The first-order valence-corrected chi connectivity index (χ1v) is 12.3. The Labute approximate surface area is 189 Å². The zero-order valence-electron chi connectivity index (χ0n) is 18.5. The molecule has 0 bridgehead atoms. The lowest BCUT2D eigenvalue weighted by Gasteiger charge is -2.37. The molecular weight excluding hydrogens is 408 g/mol. The lowest BCUT2D eigenvalue weighted by molar-refractivity contribution is 0.168. The number of piperidine rings is 1. The van der Waals surface area contributed by atoms with Crippen LogP contribution in [0.2, 0.25) is 0 Å². The van der Waals surface area contributed by atoms with Gasteiger partial charge in [0.05, 0.1) is 12.3 Å². The van der Waals surface area contributed by atoms with E-state index in [2.05, 4.69) is 38.7 Å². The second kappa shape index (κ2) is 10.9. The molecule has 0 aliphatic carbocycles. The molecule has 0 radical (unpaired) electrons. The van der Waals surface area contributed by atoms with Gasteiger partial charge in [0, 0.05) is 44.1 Å². The van der Waals surface area contributed by atoms with Crippen molar-refractivity contribution in [1.29, 1.82) is 0 Å². The molecule has 1 aromatic carbocycles. The van der Waals surface area contributed by atoms with Gasteiger partial charge in [-0.05, 0) is 62.4 Å². The highest BCUT2D eigenvalue weighted by atomic mass is 32.1. The number of hydrogen-bond acceptors (Lipinski definition) is 5. The number of carbonyl (C=O) groups excluding carboxylic acids is 1. The molecule has 4 rings (SSSR count). The molecule has 0 atom stereocenters. The third-order valence-electron chi connectivity index (χ3n) is 6.28. The maximum Gasteiger partial charge on any atom is 0.317 e. The maximum atomic E-state index is 12.7. The summed E-state index contributed by atoms with van der Waals surface area (Å²) in [4.78, 5) is 20.9. The Kier molecular flexibility index (Phi) is 7.70. The Morgan fingerprint density at radius 1 is 1.06 bits per heavy atom. The van der Waals surface area contributed by atoms with Gasteiger partial charge in [-0.2, -0.15) is 0 Å². The number of anilines is 1. The van der Waals surface area contributed by atoms with Gasteiger partial charge in [-0.1, -0.05) is 18.2 Å². The fourth-order valence-electron chi connectivity index (χ4n) is 4.46. The van der Waals surface area contributed by atoms with Crippen molar-refractivity contribution < 1.29 is 9.53 Å². The van der Waals surface area contributed by atoms with Crippen molar-refractivity contribution in [2.75, 3.05) is 57.3 Å². The van der Waals surface area contributed by atoms with E-state index in [0.717, 1.165) is 76.6 Å². The van der Waals surface area contributed by atoms with E-state index in [1.54, 1.807) is 0 Å². The van der Waals surface area contributed by atoms with Gasteiger partial charge >= 0.3 is 6.03 Å². The molecule has 31 heavy (non-hydrogen) atoms. The van der Waals surface area contributed by atoms with Crippen LogP contribution < -0.4 is 15.0 Å². The number of amides is 2. The first-order valence-electron chi connectivity index (χ1n) is 11.5. The molecule has 2 aliphatic heterocycles. The first kappa shape index (κ1) is 22.0. The molecule has 1 N–H and O–H groups in total. The molecule has 2 aliphatic rings. The van der Waals surface area contributed by atoms with Crippen molar-refractivity contribution in [3.63, 3.8) is 0 Å². The van der Waals surface area contributed by atoms with E-state index >= 15 is 0 Å². The lowest BCUT2D eigenvalue weighted by Crippen LogP contribution is -2.52. The summed E-state index contributed by atoms with van der Waals surface area (Å²) in [5, 5.41) is 5.34. The van der Waals surface area contributed by atoms with Crippen LogP contribution in [0.3, 0.4) is 0 Å². The second-order valence-electron chi connectivity index (χ2n) is 8.36. The van der Waals surface area contributed by atoms with Crippen LogP contribution in [0.5, 0.6) is 5.75 Å². The molecule has 3 heterocycles. The monoisotopic (exact) mass is 442 g/mol. The third kappa shape index (κ3) is 5.92. The molecule has 0 saturated carbocycles. The number of carbonyl (C=O) groups is 1. The molecular formula is C24H34N4O2S. The van der Waals surface area contributed by atoms with Crippen LogP contribution in [0.1, 0.15) is 24.6 Å². The topological polar surface area (TPSA) is 48.1 Å². The maximum absolute atomic E-state index is 12.7.